The van der Waals surface area contributed by atoms with Crippen LogP contribution in [0.1, 0.15) is 32.2 Å². The zero-order chi connectivity index (χ0) is 12.4. The lowest BCUT2D eigenvalue weighted by molar-refractivity contribution is -0.138. The van der Waals surface area contributed by atoms with Gasteiger partial charge in [0, 0.05) is 17.8 Å². The summed E-state index contributed by atoms with van der Waals surface area (Å²) in [6.45, 7) is 5.68. The molecule has 0 aliphatic rings. The fourth-order valence-electron chi connectivity index (χ4n) is 0.782. The van der Waals surface area contributed by atoms with Crippen LogP contribution >= 0.6 is 0 Å². The van der Waals surface area contributed by atoms with Gasteiger partial charge in [-0.2, -0.15) is 13.2 Å². The predicted molar refractivity (Wildman–Crippen MR) is 53.4 cm³/mol. The molecule has 0 amide bonds. The Morgan fingerprint density at radius 1 is 1.06 bits per heavy atom. The fourth-order valence-corrected chi connectivity index (χ4v) is 0.782. The van der Waals surface area contributed by atoms with Crippen LogP contribution in [-0.2, 0) is 6.18 Å². The molecule has 0 spiro atoms. The van der Waals surface area contributed by atoms with Crippen LogP contribution in [0, 0.1) is 17.3 Å². The first-order chi connectivity index (χ1) is 7.18. The molecule has 0 saturated heterocycles. The minimum absolute atomic E-state index is 0.0999. The molecule has 0 bridgehead atoms. The fraction of sp³-hybridized carbons (Fsp3) is 0.455. The molecule has 2 nitrogen and oxygen atoms in total. The van der Waals surface area contributed by atoms with E-state index in [0.717, 1.165) is 12.4 Å². The van der Waals surface area contributed by atoms with Crippen molar-refractivity contribution in [1.82, 2.24) is 9.97 Å². The maximum atomic E-state index is 12.2. The molecular weight excluding hydrogens is 217 g/mol. The van der Waals surface area contributed by atoms with Crippen LogP contribution < -0.4 is 0 Å². The van der Waals surface area contributed by atoms with Crippen molar-refractivity contribution in [2.45, 2.75) is 26.9 Å². The third-order valence-corrected chi connectivity index (χ3v) is 1.53. The van der Waals surface area contributed by atoms with E-state index < -0.39 is 11.7 Å². The predicted octanol–water partition coefficient (Wildman–Crippen LogP) is 2.89. The molecule has 1 rings (SSSR count). The first-order valence-corrected chi connectivity index (χ1v) is 4.61. The van der Waals surface area contributed by atoms with Gasteiger partial charge in [-0.1, -0.05) is 5.92 Å². The molecule has 0 atom stereocenters. The third-order valence-electron chi connectivity index (χ3n) is 1.53. The normalized spacial score (nSPS) is 11.9. The molecule has 86 valence electrons. The van der Waals surface area contributed by atoms with Crippen LogP contribution in [0.5, 0.6) is 0 Å². The number of halogens is 3. The number of aromatic nitrogens is 2. The van der Waals surface area contributed by atoms with Crippen molar-refractivity contribution < 1.29 is 13.2 Å². The van der Waals surface area contributed by atoms with Crippen LogP contribution in [-0.4, -0.2) is 9.97 Å². The Bertz CT molecular complexity index is 416. The van der Waals surface area contributed by atoms with Crippen molar-refractivity contribution in [2.75, 3.05) is 0 Å². The number of nitrogens with zero attached hydrogens (tertiary/aromatic N) is 2. The van der Waals surface area contributed by atoms with E-state index in [9.17, 15) is 13.2 Å². The lowest BCUT2D eigenvalue weighted by atomic mass is 9.98. The van der Waals surface area contributed by atoms with Crippen LogP contribution in [0.25, 0.3) is 0 Å². The highest BCUT2D eigenvalue weighted by atomic mass is 19.4. The van der Waals surface area contributed by atoms with Crippen molar-refractivity contribution in [3.8, 4) is 11.8 Å². The SMILES string of the molecule is CC(C)(C)C#Cc1ncc(C(F)(F)F)cn1. The largest absolute Gasteiger partial charge is 0.419 e. The van der Waals surface area contributed by atoms with Gasteiger partial charge in [-0.05, 0) is 26.7 Å². The van der Waals surface area contributed by atoms with Crippen molar-refractivity contribution >= 4 is 0 Å². The molecule has 1 heterocycles. The monoisotopic (exact) mass is 228 g/mol. The van der Waals surface area contributed by atoms with E-state index >= 15 is 0 Å². The quantitative estimate of drug-likeness (QED) is 0.638. The zero-order valence-electron chi connectivity index (χ0n) is 9.18. The Labute approximate surface area is 91.9 Å². The van der Waals surface area contributed by atoms with E-state index in [-0.39, 0.29) is 11.2 Å². The van der Waals surface area contributed by atoms with Gasteiger partial charge in [-0.25, -0.2) is 9.97 Å². The van der Waals surface area contributed by atoms with Gasteiger partial charge in [-0.15, -0.1) is 0 Å². The molecule has 0 radical (unpaired) electrons. The van der Waals surface area contributed by atoms with E-state index in [1.165, 1.54) is 0 Å². The second-order valence-electron chi connectivity index (χ2n) is 4.29. The van der Waals surface area contributed by atoms with E-state index in [4.69, 9.17) is 0 Å². The first-order valence-electron chi connectivity index (χ1n) is 4.61. The Balaban J connectivity index is 2.91. The molecule has 0 N–H and O–H groups in total. The number of hydrogen-bond donors (Lipinski definition) is 0. The van der Waals surface area contributed by atoms with E-state index in [1.807, 2.05) is 20.8 Å². The third kappa shape index (κ3) is 3.89. The van der Waals surface area contributed by atoms with Crippen LogP contribution in [0.2, 0.25) is 0 Å². The van der Waals surface area contributed by atoms with Crippen molar-refractivity contribution in [2.24, 2.45) is 5.41 Å². The average molecular weight is 228 g/mol. The van der Waals surface area contributed by atoms with Gasteiger partial charge in [0.25, 0.3) is 0 Å². The molecule has 0 unspecified atom stereocenters. The Hall–Kier alpha value is -1.57. The molecule has 0 saturated carbocycles. The lowest BCUT2D eigenvalue weighted by Gasteiger charge is -2.07. The minimum Gasteiger partial charge on any atom is -0.229 e. The van der Waals surface area contributed by atoms with Crippen molar-refractivity contribution in [3.05, 3.63) is 23.8 Å². The molecule has 0 aliphatic carbocycles. The lowest BCUT2D eigenvalue weighted by Crippen LogP contribution is -2.07. The average Bonchev–Trinajstić information content (AvgIpc) is 2.13. The molecule has 1 aromatic rings. The van der Waals surface area contributed by atoms with Gasteiger partial charge >= 0.3 is 6.18 Å². The van der Waals surface area contributed by atoms with Crippen LogP contribution in [0.4, 0.5) is 13.2 Å². The number of alkyl halides is 3. The highest BCUT2D eigenvalue weighted by Crippen LogP contribution is 2.27. The second-order valence-corrected chi connectivity index (χ2v) is 4.29. The molecule has 0 fully saturated rings. The topological polar surface area (TPSA) is 25.8 Å². The molecule has 0 aromatic carbocycles. The van der Waals surface area contributed by atoms with Gasteiger partial charge in [0.1, 0.15) is 0 Å². The molecule has 16 heavy (non-hydrogen) atoms. The van der Waals surface area contributed by atoms with Crippen molar-refractivity contribution in [1.29, 1.82) is 0 Å². The maximum Gasteiger partial charge on any atom is 0.419 e. The second kappa shape index (κ2) is 4.12. The minimum atomic E-state index is -4.41. The number of rotatable bonds is 0. The summed E-state index contributed by atoms with van der Waals surface area (Å²) in [6.07, 6.45) is -2.94. The maximum absolute atomic E-state index is 12.2. The zero-order valence-corrected chi connectivity index (χ0v) is 9.18. The van der Waals surface area contributed by atoms with Crippen LogP contribution in [0.3, 0.4) is 0 Å². The highest BCUT2D eigenvalue weighted by molar-refractivity contribution is 5.24. The van der Waals surface area contributed by atoms with Gasteiger partial charge in [0.05, 0.1) is 5.56 Å². The summed E-state index contributed by atoms with van der Waals surface area (Å²) in [4.78, 5) is 7.09. The van der Waals surface area contributed by atoms with E-state index in [0.29, 0.717) is 0 Å². The summed E-state index contributed by atoms with van der Waals surface area (Å²) < 4.78 is 36.5. The van der Waals surface area contributed by atoms with Gasteiger partial charge in [0.2, 0.25) is 5.82 Å². The van der Waals surface area contributed by atoms with Gasteiger partial charge < -0.3 is 0 Å². The van der Waals surface area contributed by atoms with Crippen LogP contribution in [0.15, 0.2) is 12.4 Å². The molecule has 1 aromatic heterocycles. The Kier molecular flexibility index (Phi) is 3.22. The molecule has 0 aliphatic heterocycles. The van der Waals surface area contributed by atoms with Gasteiger partial charge in [0.15, 0.2) is 0 Å². The van der Waals surface area contributed by atoms with E-state index in [1.54, 1.807) is 0 Å². The van der Waals surface area contributed by atoms with Gasteiger partial charge in [-0.3, -0.25) is 0 Å². The van der Waals surface area contributed by atoms with Crippen molar-refractivity contribution in [3.63, 3.8) is 0 Å². The smallest absolute Gasteiger partial charge is 0.229 e. The summed E-state index contributed by atoms with van der Waals surface area (Å²) in [6, 6.07) is 0. The standard InChI is InChI=1S/C11H11F3N2/c1-10(2,3)5-4-9-15-6-8(7-16-9)11(12,13)14/h6-7H,1-3H3. The summed E-state index contributed by atoms with van der Waals surface area (Å²) >= 11 is 0. The summed E-state index contributed by atoms with van der Waals surface area (Å²) in [5.74, 6) is 5.56. The summed E-state index contributed by atoms with van der Waals surface area (Å²) in [7, 11) is 0. The molecule has 5 heteroatoms. The van der Waals surface area contributed by atoms with E-state index in [2.05, 4.69) is 21.8 Å². The highest BCUT2D eigenvalue weighted by Gasteiger charge is 2.31. The number of hydrogen-bond acceptors (Lipinski definition) is 2. The Morgan fingerprint density at radius 3 is 1.94 bits per heavy atom. The summed E-state index contributed by atoms with van der Waals surface area (Å²) in [5.41, 5.74) is -1.10. The Morgan fingerprint density at radius 2 is 1.56 bits per heavy atom. The first kappa shape index (κ1) is 12.5. The summed E-state index contributed by atoms with van der Waals surface area (Å²) in [5, 5.41) is 0. The molecular formula is C11H11F3N2.